The topological polar surface area (TPSA) is 32.3 Å². The highest BCUT2D eigenvalue weighted by molar-refractivity contribution is 9.10. The summed E-state index contributed by atoms with van der Waals surface area (Å²) < 4.78 is 13.8. The van der Waals surface area contributed by atoms with Crippen molar-refractivity contribution in [2.45, 2.75) is 20.4 Å². The lowest BCUT2D eigenvalue weighted by Gasteiger charge is -2.18. The standard InChI is InChI=1S/C13H18BrFN2O/c1-3-17(4-2)13(18)9-16-8-10-5-11(14)7-12(15)6-10/h5-7,16H,3-4,8-9H2,1-2H3. The van der Waals surface area contributed by atoms with Crippen LogP contribution in [0, 0.1) is 5.82 Å². The summed E-state index contributed by atoms with van der Waals surface area (Å²) in [7, 11) is 0. The number of halogens is 2. The van der Waals surface area contributed by atoms with Crippen molar-refractivity contribution in [1.29, 1.82) is 0 Å². The summed E-state index contributed by atoms with van der Waals surface area (Å²) in [4.78, 5) is 13.5. The Hall–Kier alpha value is -0.940. The fraction of sp³-hybridized carbons (Fsp3) is 0.462. The maximum absolute atomic E-state index is 13.1. The zero-order valence-corrected chi connectivity index (χ0v) is 12.3. The van der Waals surface area contributed by atoms with E-state index in [1.165, 1.54) is 12.1 Å². The van der Waals surface area contributed by atoms with Crippen LogP contribution in [0.4, 0.5) is 4.39 Å². The van der Waals surface area contributed by atoms with Crippen LogP contribution in [0.2, 0.25) is 0 Å². The van der Waals surface area contributed by atoms with Gasteiger partial charge >= 0.3 is 0 Å². The van der Waals surface area contributed by atoms with Crippen LogP contribution in [0.1, 0.15) is 19.4 Å². The Balaban J connectivity index is 2.44. The number of amides is 1. The lowest BCUT2D eigenvalue weighted by atomic mass is 10.2. The number of likely N-dealkylation sites (N-methyl/N-ethyl adjacent to an activating group) is 1. The van der Waals surface area contributed by atoms with Gasteiger partial charge in [0.25, 0.3) is 0 Å². The second-order valence-electron chi connectivity index (χ2n) is 3.95. The van der Waals surface area contributed by atoms with E-state index >= 15 is 0 Å². The van der Waals surface area contributed by atoms with Gasteiger partial charge in [0, 0.05) is 24.1 Å². The summed E-state index contributed by atoms with van der Waals surface area (Å²) in [6, 6.07) is 4.70. The molecular weight excluding hydrogens is 299 g/mol. The Bertz CT molecular complexity index is 388. The van der Waals surface area contributed by atoms with E-state index in [1.54, 1.807) is 4.90 Å². The molecule has 0 aliphatic heterocycles. The number of carbonyl (C=O) groups excluding carboxylic acids is 1. The molecule has 18 heavy (non-hydrogen) atoms. The molecule has 0 atom stereocenters. The molecule has 1 aromatic rings. The van der Waals surface area contributed by atoms with E-state index in [9.17, 15) is 9.18 Å². The number of nitrogens with zero attached hydrogens (tertiary/aromatic N) is 1. The molecule has 0 aliphatic carbocycles. The number of hydrogen-bond donors (Lipinski definition) is 1. The van der Waals surface area contributed by atoms with Gasteiger partial charge in [-0.2, -0.15) is 0 Å². The first-order valence-electron chi connectivity index (χ1n) is 6.00. The molecule has 0 bridgehead atoms. The molecule has 3 nitrogen and oxygen atoms in total. The zero-order chi connectivity index (χ0) is 13.5. The number of rotatable bonds is 6. The van der Waals surface area contributed by atoms with Gasteiger partial charge in [0.15, 0.2) is 0 Å². The number of hydrogen-bond acceptors (Lipinski definition) is 2. The molecule has 0 saturated carbocycles. The highest BCUT2D eigenvalue weighted by Crippen LogP contribution is 2.14. The van der Waals surface area contributed by atoms with E-state index in [2.05, 4.69) is 21.2 Å². The molecule has 0 unspecified atom stereocenters. The SMILES string of the molecule is CCN(CC)C(=O)CNCc1cc(F)cc(Br)c1. The van der Waals surface area contributed by atoms with Crippen molar-refractivity contribution < 1.29 is 9.18 Å². The summed E-state index contributed by atoms with van der Waals surface area (Å²) in [5.41, 5.74) is 0.814. The predicted molar refractivity (Wildman–Crippen MR) is 73.7 cm³/mol. The van der Waals surface area contributed by atoms with E-state index in [1.807, 2.05) is 19.9 Å². The maximum Gasteiger partial charge on any atom is 0.236 e. The molecule has 0 aromatic heterocycles. The Labute approximate surface area is 115 Å². The molecule has 1 N–H and O–H groups in total. The lowest BCUT2D eigenvalue weighted by molar-refractivity contribution is -0.129. The number of nitrogens with one attached hydrogen (secondary N) is 1. The highest BCUT2D eigenvalue weighted by atomic mass is 79.9. The van der Waals surface area contributed by atoms with Crippen molar-refractivity contribution >= 4 is 21.8 Å². The molecule has 0 aliphatic rings. The van der Waals surface area contributed by atoms with Crippen LogP contribution in [0.5, 0.6) is 0 Å². The number of carbonyl (C=O) groups is 1. The van der Waals surface area contributed by atoms with E-state index in [-0.39, 0.29) is 18.3 Å². The van der Waals surface area contributed by atoms with Gasteiger partial charge in [-0.15, -0.1) is 0 Å². The second kappa shape index (κ2) is 7.48. The van der Waals surface area contributed by atoms with E-state index < -0.39 is 0 Å². The average molecular weight is 317 g/mol. The molecule has 1 aromatic carbocycles. The zero-order valence-electron chi connectivity index (χ0n) is 10.7. The fourth-order valence-electron chi connectivity index (χ4n) is 1.71. The van der Waals surface area contributed by atoms with Gasteiger partial charge in [-0.25, -0.2) is 4.39 Å². The first-order valence-corrected chi connectivity index (χ1v) is 6.79. The summed E-state index contributed by atoms with van der Waals surface area (Å²) >= 11 is 3.24. The lowest BCUT2D eigenvalue weighted by Crippen LogP contribution is -2.37. The van der Waals surface area contributed by atoms with Gasteiger partial charge in [0.2, 0.25) is 5.91 Å². The minimum atomic E-state index is -0.281. The van der Waals surface area contributed by atoms with Gasteiger partial charge in [0.1, 0.15) is 5.82 Å². The highest BCUT2D eigenvalue weighted by Gasteiger charge is 2.08. The first kappa shape index (κ1) is 15.1. The van der Waals surface area contributed by atoms with Crippen LogP contribution in [0.25, 0.3) is 0 Å². The largest absolute Gasteiger partial charge is 0.342 e. The van der Waals surface area contributed by atoms with E-state index in [0.717, 1.165) is 5.56 Å². The van der Waals surface area contributed by atoms with Crippen molar-refractivity contribution in [3.8, 4) is 0 Å². The van der Waals surface area contributed by atoms with Gasteiger partial charge in [-0.3, -0.25) is 4.79 Å². The molecule has 0 saturated heterocycles. The Morgan fingerprint density at radius 2 is 2.00 bits per heavy atom. The van der Waals surface area contributed by atoms with Gasteiger partial charge in [-0.05, 0) is 37.6 Å². The van der Waals surface area contributed by atoms with Gasteiger partial charge in [-0.1, -0.05) is 15.9 Å². The molecule has 5 heteroatoms. The predicted octanol–water partition coefficient (Wildman–Crippen LogP) is 2.55. The van der Waals surface area contributed by atoms with Crippen LogP contribution in [0.15, 0.2) is 22.7 Å². The van der Waals surface area contributed by atoms with Gasteiger partial charge < -0.3 is 10.2 Å². The van der Waals surface area contributed by atoms with Gasteiger partial charge in [0.05, 0.1) is 6.54 Å². The average Bonchev–Trinajstić information content (AvgIpc) is 2.29. The van der Waals surface area contributed by atoms with E-state index in [0.29, 0.717) is 24.1 Å². The molecule has 0 fully saturated rings. The Morgan fingerprint density at radius 1 is 1.33 bits per heavy atom. The smallest absolute Gasteiger partial charge is 0.236 e. The van der Waals surface area contributed by atoms with Crippen LogP contribution >= 0.6 is 15.9 Å². The monoisotopic (exact) mass is 316 g/mol. The van der Waals surface area contributed by atoms with Crippen molar-refractivity contribution in [3.05, 3.63) is 34.1 Å². The normalized spacial score (nSPS) is 10.4. The fourth-order valence-corrected chi connectivity index (χ4v) is 2.23. The third kappa shape index (κ3) is 4.74. The molecule has 0 spiro atoms. The van der Waals surface area contributed by atoms with E-state index in [4.69, 9.17) is 0 Å². The molecular formula is C13H18BrFN2O. The summed E-state index contributed by atoms with van der Waals surface area (Å²) in [6.45, 7) is 6.07. The molecule has 1 amide bonds. The molecule has 0 radical (unpaired) electrons. The van der Waals surface area contributed by atoms with Crippen LogP contribution < -0.4 is 5.32 Å². The molecule has 0 heterocycles. The third-order valence-electron chi connectivity index (χ3n) is 2.64. The quantitative estimate of drug-likeness (QED) is 0.874. The van der Waals surface area contributed by atoms with Crippen molar-refractivity contribution in [1.82, 2.24) is 10.2 Å². The Morgan fingerprint density at radius 3 is 2.56 bits per heavy atom. The third-order valence-corrected chi connectivity index (χ3v) is 3.10. The Kier molecular flexibility index (Phi) is 6.29. The van der Waals surface area contributed by atoms with Crippen molar-refractivity contribution in [2.75, 3.05) is 19.6 Å². The number of benzene rings is 1. The molecule has 1 rings (SSSR count). The summed E-state index contributed by atoms with van der Waals surface area (Å²) in [5, 5.41) is 3.03. The molecule has 100 valence electrons. The van der Waals surface area contributed by atoms with Crippen molar-refractivity contribution in [2.24, 2.45) is 0 Å². The van der Waals surface area contributed by atoms with Crippen LogP contribution in [-0.4, -0.2) is 30.4 Å². The second-order valence-corrected chi connectivity index (χ2v) is 4.86. The summed E-state index contributed by atoms with van der Waals surface area (Å²) in [5.74, 6) is -0.216. The minimum absolute atomic E-state index is 0.0652. The minimum Gasteiger partial charge on any atom is -0.342 e. The van der Waals surface area contributed by atoms with Crippen LogP contribution in [0.3, 0.4) is 0 Å². The first-order chi connectivity index (χ1) is 8.56. The van der Waals surface area contributed by atoms with Crippen molar-refractivity contribution in [3.63, 3.8) is 0 Å². The van der Waals surface area contributed by atoms with Crippen LogP contribution in [-0.2, 0) is 11.3 Å². The summed E-state index contributed by atoms with van der Waals surface area (Å²) in [6.07, 6.45) is 0. The maximum atomic E-state index is 13.1.